The Hall–Kier alpha value is -3.27. The van der Waals surface area contributed by atoms with Crippen molar-refractivity contribution in [1.82, 2.24) is 0 Å². The topological polar surface area (TPSA) is 26.3 Å². The largest absolute Gasteiger partial charge is 0.497 e. The summed E-state index contributed by atoms with van der Waals surface area (Å²) in [6.07, 6.45) is 8.12. The maximum atomic E-state index is 13.3. The Kier molecular flexibility index (Phi) is 5.23. The summed E-state index contributed by atoms with van der Waals surface area (Å²) in [5, 5.41) is 0. The molecule has 130 valence electrons. The Balaban J connectivity index is 2.07. The molecule has 0 heterocycles. The van der Waals surface area contributed by atoms with Crippen molar-refractivity contribution in [3.8, 4) is 0 Å². The summed E-state index contributed by atoms with van der Waals surface area (Å²) in [5.74, 6) is -0.245. The van der Waals surface area contributed by atoms with Crippen LogP contribution in [0.5, 0.6) is 0 Å². The third-order valence-corrected chi connectivity index (χ3v) is 3.96. The van der Waals surface area contributed by atoms with Gasteiger partial charge in [0.2, 0.25) is 0 Å². The highest BCUT2D eigenvalue weighted by Crippen LogP contribution is 2.25. The van der Waals surface area contributed by atoms with Gasteiger partial charge in [0.15, 0.2) is 5.78 Å². The van der Waals surface area contributed by atoms with Gasteiger partial charge in [0, 0.05) is 5.57 Å². The van der Waals surface area contributed by atoms with Crippen molar-refractivity contribution >= 4 is 11.4 Å². The first-order valence-electron chi connectivity index (χ1n) is 7.99. The first-order chi connectivity index (χ1) is 12.6. The van der Waals surface area contributed by atoms with Crippen LogP contribution in [0.3, 0.4) is 0 Å². The van der Waals surface area contributed by atoms with Crippen LogP contribution >= 0.6 is 0 Å². The number of benzene rings is 2. The molecule has 2 aromatic carbocycles. The molecule has 26 heavy (non-hydrogen) atoms. The molecule has 4 heteroatoms. The highest BCUT2D eigenvalue weighted by molar-refractivity contribution is 6.08. The lowest BCUT2D eigenvalue weighted by Crippen LogP contribution is -2.02. The van der Waals surface area contributed by atoms with Crippen LogP contribution in [0.15, 0.2) is 90.2 Å². The Morgan fingerprint density at radius 1 is 0.885 bits per heavy atom. The molecular formula is C22H16F2O2. The molecule has 1 aliphatic rings. The van der Waals surface area contributed by atoms with Crippen molar-refractivity contribution in [3.63, 3.8) is 0 Å². The number of rotatable bonds is 4. The zero-order valence-electron chi connectivity index (χ0n) is 14.1. The van der Waals surface area contributed by atoms with Crippen molar-refractivity contribution in [1.29, 1.82) is 0 Å². The molecule has 1 aliphatic carbocycles. The summed E-state index contributed by atoms with van der Waals surface area (Å²) in [4.78, 5) is 12.0. The summed E-state index contributed by atoms with van der Waals surface area (Å²) >= 11 is 0. The minimum atomic E-state index is -0.342. The van der Waals surface area contributed by atoms with Crippen LogP contribution < -0.4 is 0 Å². The minimum absolute atomic E-state index is 0.139. The van der Waals surface area contributed by atoms with Crippen LogP contribution in [0.2, 0.25) is 0 Å². The molecule has 0 unspecified atom stereocenters. The van der Waals surface area contributed by atoms with Gasteiger partial charge in [-0.05, 0) is 59.2 Å². The van der Waals surface area contributed by atoms with Crippen molar-refractivity contribution in [2.24, 2.45) is 0 Å². The summed E-state index contributed by atoms with van der Waals surface area (Å²) in [5.41, 5.74) is 2.72. The van der Waals surface area contributed by atoms with E-state index in [1.165, 1.54) is 37.5 Å². The number of halogens is 2. The Labute approximate surface area is 150 Å². The molecule has 3 rings (SSSR count). The second-order valence-corrected chi connectivity index (χ2v) is 5.66. The van der Waals surface area contributed by atoms with E-state index in [1.54, 1.807) is 48.6 Å². The normalized spacial score (nSPS) is 15.0. The molecule has 2 nitrogen and oxygen atoms in total. The zero-order valence-corrected chi connectivity index (χ0v) is 14.1. The average Bonchev–Trinajstić information content (AvgIpc) is 2.66. The third-order valence-electron chi connectivity index (χ3n) is 3.96. The van der Waals surface area contributed by atoms with E-state index in [-0.39, 0.29) is 17.4 Å². The number of allylic oxidation sites excluding steroid dienone is 6. The number of hydrogen-bond donors (Lipinski definition) is 0. The molecule has 0 amide bonds. The van der Waals surface area contributed by atoms with Gasteiger partial charge in [-0.3, -0.25) is 4.79 Å². The molecule has 0 aliphatic heterocycles. The van der Waals surface area contributed by atoms with Gasteiger partial charge in [0.25, 0.3) is 0 Å². The van der Waals surface area contributed by atoms with E-state index < -0.39 is 0 Å². The third kappa shape index (κ3) is 4.03. The quantitative estimate of drug-likeness (QED) is 0.726. The maximum absolute atomic E-state index is 13.3. The zero-order chi connectivity index (χ0) is 18.5. The van der Waals surface area contributed by atoms with E-state index in [1.807, 2.05) is 0 Å². The van der Waals surface area contributed by atoms with E-state index in [9.17, 15) is 13.6 Å². The molecule has 0 bridgehead atoms. The molecule has 0 radical (unpaired) electrons. The molecule has 0 saturated heterocycles. The molecule has 0 fully saturated rings. The van der Waals surface area contributed by atoms with Crippen LogP contribution in [0.25, 0.3) is 5.57 Å². The lowest BCUT2D eigenvalue weighted by molar-refractivity contribution is -0.111. The van der Waals surface area contributed by atoms with Crippen LogP contribution in [0, 0.1) is 11.6 Å². The maximum Gasteiger partial charge on any atom is 0.186 e. The van der Waals surface area contributed by atoms with Gasteiger partial charge >= 0.3 is 0 Å². The van der Waals surface area contributed by atoms with Gasteiger partial charge in [0.1, 0.15) is 17.4 Å². The molecule has 0 atom stereocenters. The number of ketones is 1. The minimum Gasteiger partial charge on any atom is -0.497 e. The second-order valence-electron chi connectivity index (χ2n) is 5.66. The Bertz CT molecular complexity index is 884. The van der Waals surface area contributed by atoms with Crippen molar-refractivity contribution in [2.45, 2.75) is 0 Å². The van der Waals surface area contributed by atoms with E-state index in [0.29, 0.717) is 11.3 Å². The summed E-state index contributed by atoms with van der Waals surface area (Å²) in [6.45, 7) is 0. The Morgan fingerprint density at radius 2 is 1.42 bits per heavy atom. The van der Waals surface area contributed by atoms with Gasteiger partial charge in [-0.15, -0.1) is 0 Å². The van der Waals surface area contributed by atoms with Gasteiger partial charge in [-0.25, -0.2) is 8.78 Å². The molecule has 0 aromatic heterocycles. The number of ether oxygens (including phenoxy) is 1. The first kappa shape index (κ1) is 17.5. The SMILES string of the molecule is COC1=C/C(=C/C=C(c2ccc(F)cc2)c2ccc(F)cc2)C(=O)C=C1. The molecule has 0 saturated carbocycles. The number of carbonyl (C=O) groups excluding carboxylic acids is 1. The summed E-state index contributed by atoms with van der Waals surface area (Å²) < 4.78 is 31.7. The van der Waals surface area contributed by atoms with Crippen molar-refractivity contribution in [2.75, 3.05) is 7.11 Å². The smallest absolute Gasteiger partial charge is 0.186 e. The van der Waals surface area contributed by atoms with E-state index in [4.69, 9.17) is 4.74 Å². The van der Waals surface area contributed by atoms with Crippen LogP contribution in [0.1, 0.15) is 11.1 Å². The highest BCUT2D eigenvalue weighted by Gasteiger charge is 2.11. The first-order valence-corrected chi connectivity index (χ1v) is 7.99. The lowest BCUT2D eigenvalue weighted by atomic mass is 9.96. The van der Waals surface area contributed by atoms with Crippen molar-refractivity contribution < 1.29 is 18.3 Å². The predicted molar refractivity (Wildman–Crippen MR) is 97.2 cm³/mol. The summed E-state index contributed by atoms with van der Waals surface area (Å²) in [7, 11) is 1.53. The lowest BCUT2D eigenvalue weighted by Gasteiger charge is -2.10. The van der Waals surface area contributed by atoms with Gasteiger partial charge in [-0.1, -0.05) is 36.4 Å². The monoisotopic (exact) mass is 350 g/mol. The van der Waals surface area contributed by atoms with Gasteiger partial charge in [0.05, 0.1) is 7.11 Å². The van der Waals surface area contributed by atoms with E-state index in [2.05, 4.69) is 0 Å². The molecule has 2 aromatic rings. The average molecular weight is 350 g/mol. The fraction of sp³-hybridized carbons (Fsp3) is 0.0455. The molecular weight excluding hydrogens is 334 g/mol. The Morgan fingerprint density at radius 3 is 1.92 bits per heavy atom. The van der Waals surface area contributed by atoms with E-state index >= 15 is 0 Å². The van der Waals surface area contributed by atoms with Crippen molar-refractivity contribution in [3.05, 3.63) is 113 Å². The van der Waals surface area contributed by atoms with E-state index in [0.717, 1.165) is 16.7 Å². The molecule has 0 N–H and O–H groups in total. The fourth-order valence-electron chi connectivity index (χ4n) is 2.57. The van der Waals surface area contributed by atoms with Crippen LogP contribution in [-0.2, 0) is 9.53 Å². The van der Waals surface area contributed by atoms with Crippen LogP contribution in [0.4, 0.5) is 8.78 Å². The standard InChI is InChI=1S/C22H16F2O2/c1-26-20-11-13-22(25)17(14-20)6-12-21(15-2-7-18(23)8-3-15)16-4-9-19(24)10-5-16/h2-14H,1H3/b17-6-. The number of carbonyl (C=O) groups is 1. The van der Waals surface area contributed by atoms with Gasteiger partial charge < -0.3 is 4.74 Å². The number of hydrogen-bond acceptors (Lipinski definition) is 2. The predicted octanol–water partition coefficient (Wildman–Crippen LogP) is 4.99. The second kappa shape index (κ2) is 7.74. The van der Waals surface area contributed by atoms with Gasteiger partial charge in [-0.2, -0.15) is 0 Å². The summed E-state index contributed by atoms with van der Waals surface area (Å²) in [6, 6.07) is 12.0. The molecule has 0 spiro atoms. The highest BCUT2D eigenvalue weighted by atomic mass is 19.1. The van der Waals surface area contributed by atoms with Crippen LogP contribution in [-0.4, -0.2) is 12.9 Å². The fourth-order valence-corrected chi connectivity index (χ4v) is 2.57. The number of methoxy groups -OCH3 is 1.